The molecular formula is C15H23NOS. The minimum Gasteiger partial charge on any atom is -0.377 e. The normalized spacial score (nSPS) is 21.1. The van der Waals surface area contributed by atoms with Crippen LogP contribution in [0.15, 0.2) is 29.2 Å². The van der Waals surface area contributed by atoms with Gasteiger partial charge in [0.25, 0.3) is 0 Å². The first-order valence-corrected chi connectivity index (χ1v) is 7.86. The van der Waals surface area contributed by atoms with Crippen LogP contribution in [0.5, 0.6) is 0 Å². The van der Waals surface area contributed by atoms with Gasteiger partial charge in [0.1, 0.15) is 0 Å². The van der Waals surface area contributed by atoms with Crippen LogP contribution in [0.4, 0.5) is 0 Å². The van der Waals surface area contributed by atoms with Crippen LogP contribution in [0.25, 0.3) is 0 Å². The molecule has 2 unspecified atom stereocenters. The minimum absolute atomic E-state index is 0.420. The van der Waals surface area contributed by atoms with E-state index in [2.05, 4.69) is 43.4 Å². The summed E-state index contributed by atoms with van der Waals surface area (Å²) in [6, 6.07) is 9.12. The van der Waals surface area contributed by atoms with Crippen LogP contribution in [0, 0.1) is 0 Å². The van der Waals surface area contributed by atoms with Gasteiger partial charge in [0.15, 0.2) is 0 Å². The molecule has 2 atom stereocenters. The second-order valence-electron chi connectivity index (χ2n) is 4.76. The van der Waals surface area contributed by atoms with Crippen molar-refractivity contribution in [3.63, 3.8) is 0 Å². The Morgan fingerprint density at radius 2 is 2.28 bits per heavy atom. The number of hydrogen-bond donors (Lipinski definition) is 1. The Bertz CT molecular complexity index is 363. The summed E-state index contributed by atoms with van der Waals surface area (Å²) in [4.78, 5) is 1.39. The number of thioether (sulfide) groups is 1. The lowest BCUT2D eigenvalue weighted by molar-refractivity contribution is 0.129. The summed E-state index contributed by atoms with van der Waals surface area (Å²) in [5, 5.41) is 3.49. The van der Waals surface area contributed by atoms with Crippen molar-refractivity contribution in [2.24, 2.45) is 0 Å². The molecule has 2 nitrogen and oxygen atoms in total. The van der Waals surface area contributed by atoms with Gasteiger partial charge in [-0.3, -0.25) is 0 Å². The van der Waals surface area contributed by atoms with Gasteiger partial charge in [0, 0.05) is 23.3 Å². The van der Waals surface area contributed by atoms with Gasteiger partial charge in [-0.05, 0) is 37.9 Å². The third-order valence-electron chi connectivity index (χ3n) is 3.34. The van der Waals surface area contributed by atoms with Gasteiger partial charge in [0.05, 0.1) is 6.10 Å². The summed E-state index contributed by atoms with van der Waals surface area (Å²) < 4.78 is 5.69. The molecule has 1 saturated heterocycles. The zero-order valence-electron chi connectivity index (χ0n) is 11.3. The monoisotopic (exact) mass is 265 g/mol. The zero-order chi connectivity index (χ0) is 12.8. The standard InChI is InChI=1S/C15H23NOS/c1-3-16-12(2)14-8-4-5-9-15(14)18-11-13-7-6-10-17-13/h4-5,8-9,12-13,16H,3,6-7,10-11H2,1-2H3. The molecule has 0 aromatic heterocycles. The molecule has 3 heteroatoms. The summed E-state index contributed by atoms with van der Waals surface area (Å²) in [5.74, 6) is 1.08. The van der Waals surface area contributed by atoms with Crippen LogP contribution in [-0.4, -0.2) is 25.0 Å². The van der Waals surface area contributed by atoms with Crippen molar-refractivity contribution >= 4 is 11.8 Å². The highest BCUT2D eigenvalue weighted by atomic mass is 32.2. The number of ether oxygens (including phenoxy) is 1. The van der Waals surface area contributed by atoms with E-state index in [0.29, 0.717) is 12.1 Å². The maximum absolute atomic E-state index is 5.69. The summed E-state index contributed by atoms with van der Waals surface area (Å²) in [5.41, 5.74) is 1.40. The molecule has 0 aliphatic carbocycles. The first-order chi connectivity index (χ1) is 8.81. The van der Waals surface area contributed by atoms with Crippen molar-refractivity contribution < 1.29 is 4.74 Å². The zero-order valence-corrected chi connectivity index (χ0v) is 12.1. The van der Waals surface area contributed by atoms with E-state index in [1.165, 1.54) is 23.3 Å². The topological polar surface area (TPSA) is 21.3 Å². The summed E-state index contributed by atoms with van der Waals surface area (Å²) in [7, 11) is 0. The predicted molar refractivity (Wildman–Crippen MR) is 78.2 cm³/mol. The number of nitrogens with one attached hydrogen (secondary N) is 1. The van der Waals surface area contributed by atoms with Crippen LogP contribution in [0.3, 0.4) is 0 Å². The Balaban J connectivity index is 1.97. The highest BCUT2D eigenvalue weighted by Gasteiger charge is 2.17. The molecule has 18 heavy (non-hydrogen) atoms. The van der Waals surface area contributed by atoms with Gasteiger partial charge in [-0.2, -0.15) is 0 Å². The first-order valence-electron chi connectivity index (χ1n) is 6.88. The molecule has 0 saturated carbocycles. The number of hydrogen-bond acceptors (Lipinski definition) is 3. The van der Waals surface area contributed by atoms with Gasteiger partial charge in [-0.1, -0.05) is 25.1 Å². The van der Waals surface area contributed by atoms with E-state index >= 15 is 0 Å². The SMILES string of the molecule is CCNC(C)c1ccccc1SCC1CCCO1. The maximum atomic E-state index is 5.69. The molecule has 1 fully saturated rings. The molecule has 0 spiro atoms. The Labute approximate surface area is 114 Å². The summed E-state index contributed by atoms with van der Waals surface area (Å²) in [6.45, 7) is 6.33. The smallest absolute Gasteiger partial charge is 0.0669 e. The third kappa shape index (κ3) is 3.74. The predicted octanol–water partition coefficient (Wildman–Crippen LogP) is 3.63. The average Bonchev–Trinajstić information content (AvgIpc) is 2.90. The van der Waals surface area contributed by atoms with Crippen molar-refractivity contribution in [3.05, 3.63) is 29.8 Å². The van der Waals surface area contributed by atoms with Crippen LogP contribution in [0.2, 0.25) is 0 Å². The fourth-order valence-electron chi connectivity index (χ4n) is 2.34. The highest BCUT2D eigenvalue weighted by molar-refractivity contribution is 7.99. The van der Waals surface area contributed by atoms with Gasteiger partial charge in [-0.15, -0.1) is 11.8 Å². The average molecular weight is 265 g/mol. The highest BCUT2D eigenvalue weighted by Crippen LogP contribution is 2.29. The molecule has 1 aliphatic rings. The molecule has 0 amide bonds. The van der Waals surface area contributed by atoms with Crippen molar-refractivity contribution in [2.45, 2.75) is 43.7 Å². The van der Waals surface area contributed by atoms with E-state index in [1.54, 1.807) is 0 Å². The molecule has 1 heterocycles. The fourth-order valence-corrected chi connectivity index (χ4v) is 3.56. The molecule has 2 rings (SSSR count). The number of rotatable bonds is 6. The van der Waals surface area contributed by atoms with Crippen LogP contribution < -0.4 is 5.32 Å². The Morgan fingerprint density at radius 1 is 1.44 bits per heavy atom. The van der Waals surface area contributed by atoms with Gasteiger partial charge < -0.3 is 10.1 Å². The third-order valence-corrected chi connectivity index (χ3v) is 4.57. The Hall–Kier alpha value is -0.510. The van der Waals surface area contributed by atoms with Crippen LogP contribution in [0.1, 0.15) is 38.3 Å². The van der Waals surface area contributed by atoms with E-state index < -0.39 is 0 Å². The van der Waals surface area contributed by atoms with Crippen LogP contribution in [-0.2, 0) is 4.74 Å². The van der Waals surface area contributed by atoms with Crippen molar-refractivity contribution in [3.8, 4) is 0 Å². The molecule has 1 aromatic rings. The van der Waals surface area contributed by atoms with E-state index in [-0.39, 0.29) is 0 Å². The lowest BCUT2D eigenvalue weighted by atomic mass is 10.1. The Morgan fingerprint density at radius 3 is 3.00 bits per heavy atom. The largest absolute Gasteiger partial charge is 0.377 e. The second kappa shape index (κ2) is 7.17. The molecule has 1 N–H and O–H groups in total. The van der Waals surface area contributed by atoms with E-state index in [0.717, 1.165) is 18.9 Å². The fraction of sp³-hybridized carbons (Fsp3) is 0.600. The lowest BCUT2D eigenvalue weighted by Gasteiger charge is -2.17. The van der Waals surface area contributed by atoms with E-state index in [1.807, 2.05) is 11.8 Å². The van der Waals surface area contributed by atoms with Crippen LogP contribution >= 0.6 is 11.8 Å². The second-order valence-corrected chi connectivity index (χ2v) is 5.83. The number of benzene rings is 1. The Kier molecular flexibility index (Phi) is 5.54. The first kappa shape index (κ1) is 13.9. The minimum atomic E-state index is 0.420. The molecule has 0 bridgehead atoms. The van der Waals surface area contributed by atoms with Gasteiger partial charge >= 0.3 is 0 Å². The van der Waals surface area contributed by atoms with Crippen molar-refractivity contribution in [2.75, 3.05) is 18.9 Å². The van der Waals surface area contributed by atoms with Gasteiger partial charge in [0.2, 0.25) is 0 Å². The molecule has 1 aliphatic heterocycles. The molecule has 100 valence electrons. The van der Waals surface area contributed by atoms with Crippen molar-refractivity contribution in [1.29, 1.82) is 0 Å². The van der Waals surface area contributed by atoms with E-state index in [4.69, 9.17) is 4.74 Å². The van der Waals surface area contributed by atoms with Crippen molar-refractivity contribution in [1.82, 2.24) is 5.32 Å². The molecular weight excluding hydrogens is 242 g/mol. The molecule has 1 aromatic carbocycles. The quantitative estimate of drug-likeness (QED) is 0.794. The summed E-state index contributed by atoms with van der Waals surface area (Å²) >= 11 is 1.93. The van der Waals surface area contributed by atoms with Gasteiger partial charge in [-0.25, -0.2) is 0 Å². The lowest BCUT2D eigenvalue weighted by Crippen LogP contribution is -2.18. The van der Waals surface area contributed by atoms with E-state index in [9.17, 15) is 0 Å². The maximum Gasteiger partial charge on any atom is 0.0669 e. The molecule has 0 radical (unpaired) electrons. The summed E-state index contributed by atoms with van der Waals surface area (Å²) in [6.07, 6.45) is 2.90.